The summed E-state index contributed by atoms with van der Waals surface area (Å²) in [4.78, 5) is 0. The predicted octanol–water partition coefficient (Wildman–Crippen LogP) is 3.50. The number of hydrogen-bond acceptors (Lipinski definition) is 2. The molecule has 1 aliphatic heterocycles. The molecule has 0 amide bonds. The fourth-order valence-electron chi connectivity index (χ4n) is 3.40. The van der Waals surface area contributed by atoms with E-state index in [2.05, 4.69) is 26.1 Å². The minimum Gasteiger partial charge on any atom is -0.378 e. The van der Waals surface area contributed by atoms with Gasteiger partial charge in [-0.25, -0.2) is 0 Å². The van der Waals surface area contributed by atoms with Gasteiger partial charge in [-0.1, -0.05) is 33.6 Å². The zero-order chi connectivity index (χ0) is 12.3. The van der Waals surface area contributed by atoms with Gasteiger partial charge in [-0.3, -0.25) is 0 Å². The third kappa shape index (κ3) is 3.45. The predicted molar refractivity (Wildman–Crippen MR) is 72.2 cm³/mol. The molecule has 1 N–H and O–H groups in total. The maximum Gasteiger partial charge on any atom is 0.0587 e. The van der Waals surface area contributed by atoms with Crippen LogP contribution in [-0.2, 0) is 4.74 Å². The lowest BCUT2D eigenvalue weighted by atomic mass is 9.73. The number of hydrogen-bond donors (Lipinski definition) is 1. The minimum atomic E-state index is 0.484. The summed E-state index contributed by atoms with van der Waals surface area (Å²) in [7, 11) is 0. The van der Waals surface area contributed by atoms with Gasteiger partial charge in [-0.15, -0.1) is 0 Å². The van der Waals surface area contributed by atoms with Crippen LogP contribution in [0.3, 0.4) is 0 Å². The largest absolute Gasteiger partial charge is 0.378 e. The van der Waals surface area contributed by atoms with Crippen molar-refractivity contribution in [2.45, 2.75) is 83.9 Å². The molecule has 1 saturated heterocycles. The second-order valence-corrected chi connectivity index (χ2v) is 6.58. The minimum absolute atomic E-state index is 0.484. The van der Waals surface area contributed by atoms with Crippen molar-refractivity contribution in [1.29, 1.82) is 0 Å². The molecule has 100 valence electrons. The molecule has 1 saturated carbocycles. The van der Waals surface area contributed by atoms with E-state index in [-0.39, 0.29) is 0 Å². The zero-order valence-corrected chi connectivity index (χ0v) is 11.8. The second-order valence-electron chi connectivity index (χ2n) is 6.58. The highest BCUT2D eigenvalue weighted by atomic mass is 16.5. The Labute approximate surface area is 107 Å². The van der Waals surface area contributed by atoms with Gasteiger partial charge >= 0.3 is 0 Å². The standard InChI is InChI=1S/C15H29NO/c1-4-13-11-12(8-10-17-13)16-14-7-5-6-9-15(14,2)3/h12-14,16H,4-11H2,1-3H3. The summed E-state index contributed by atoms with van der Waals surface area (Å²) < 4.78 is 5.76. The van der Waals surface area contributed by atoms with E-state index in [0.717, 1.165) is 19.1 Å². The quantitative estimate of drug-likeness (QED) is 0.814. The molecular weight excluding hydrogens is 210 g/mol. The average molecular weight is 239 g/mol. The summed E-state index contributed by atoms with van der Waals surface area (Å²) in [5, 5.41) is 3.93. The zero-order valence-electron chi connectivity index (χ0n) is 11.8. The lowest BCUT2D eigenvalue weighted by Crippen LogP contribution is -2.51. The van der Waals surface area contributed by atoms with Gasteiger partial charge in [-0.2, -0.15) is 0 Å². The third-order valence-corrected chi connectivity index (χ3v) is 4.77. The van der Waals surface area contributed by atoms with E-state index in [0.29, 0.717) is 17.6 Å². The van der Waals surface area contributed by atoms with Crippen molar-refractivity contribution in [3.05, 3.63) is 0 Å². The molecule has 0 aromatic carbocycles. The Hall–Kier alpha value is -0.0800. The summed E-state index contributed by atoms with van der Waals surface area (Å²) in [6.07, 6.45) is 9.62. The van der Waals surface area contributed by atoms with Crippen molar-refractivity contribution >= 4 is 0 Å². The first-order chi connectivity index (χ1) is 8.12. The van der Waals surface area contributed by atoms with Gasteiger partial charge in [-0.05, 0) is 37.5 Å². The van der Waals surface area contributed by atoms with E-state index in [4.69, 9.17) is 4.74 Å². The van der Waals surface area contributed by atoms with Gasteiger partial charge in [0.2, 0.25) is 0 Å². The van der Waals surface area contributed by atoms with Crippen molar-refractivity contribution in [3.63, 3.8) is 0 Å². The summed E-state index contributed by atoms with van der Waals surface area (Å²) in [5.41, 5.74) is 0.484. The molecule has 0 spiro atoms. The van der Waals surface area contributed by atoms with E-state index < -0.39 is 0 Å². The van der Waals surface area contributed by atoms with Gasteiger partial charge in [0.1, 0.15) is 0 Å². The third-order valence-electron chi connectivity index (χ3n) is 4.77. The highest BCUT2D eigenvalue weighted by molar-refractivity contribution is 4.91. The second kappa shape index (κ2) is 5.71. The number of rotatable bonds is 3. The molecule has 0 radical (unpaired) electrons. The van der Waals surface area contributed by atoms with Crippen LogP contribution in [0.1, 0.15) is 65.7 Å². The summed E-state index contributed by atoms with van der Waals surface area (Å²) in [6, 6.07) is 1.41. The molecule has 2 rings (SSSR count). The van der Waals surface area contributed by atoms with Gasteiger partial charge in [0.15, 0.2) is 0 Å². The summed E-state index contributed by atoms with van der Waals surface area (Å²) in [5.74, 6) is 0. The van der Waals surface area contributed by atoms with Crippen molar-refractivity contribution in [2.24, 2.45) is 5.41 Å². The topological polar surface area (TPSA) is 21.3 Å². The summed E-state index contributed by atoms with van der Waals surface area (Å²) in [6.45, 7) is 8.04. The molecule has 0 aromatic rings. The van der Waals surface area contributed by atoms with Crippen LogP contribution < -0.4 is 5.32 Å². The Balaban J connectivity index is 1.86. The van der Waals surface area contributed by atoms with Gasteiger partial charge < -0.3 is 10.1 Å². The highest BCUT2D eigenvalue weighted by Crippen LogP contribution is 2.36. The normalized spacial score (nSPS) is 37.9. The first kappa shape index (κ1) is 13.4. The highest BCUT2D eigenvalue weighted by Gasteiger charge is 2.34. The van der Waals surface area contributed by atoms with Gasteiger partial charge in [0.25, 0.3) is 0 Å². The summed E-state index contributed by atoms with van der Waals surface area (Å²) >= 11 is 0. The Bertz CT molecular complexity index is 239. The van der Waals surface area contributed by atoms with Crippen LogP contribution in [0.5, 0.6) is 0 Å². The van der Waals surface area contributed by atoms with E-state index in [1.807, 2.05) is 0 Å². The smallest absolute Gasteiger partial charge is 0.0587 e. The fourth-order valence-corrected chi connectivity index (χ4v) is 3.40. The molecule has 2 nitrogen and oxygen atoms in total. The molecule has 1 heterocycles. The molecular formula is C15H29NO. The van der Waals surface area contributed by atoms with Crippen LogP contribution in [0.15, 0.2) is 0 Å². The monoisotopic (exact) mass is 239 g/mol. The van der Waals surface area contributed by atoms with Crippen LogP contribution in [0.4, 0.5) is 0 Å². The molecule has 2 aliphatic rings. The van der Waals surface area contributed by atoms with Gasteiger partial charge in [0, 0.05) is 18.7 Å². The lowest BCUT2D eigenvalue weighted by Gasteiger charge is -2.42. The van der Waals surface area contributed by atoms with E-state index >= 15 is 0 Å². The van der Waals surface area contributed by atoms with Crippen molar-refractivity contribution < 1.29 is 4.74 Å². The molecule has 3 atom stereocenters. The number of nitrogens with one attached hydrogen (secondary N) is 1. The van der Waals surface area contributed by atoms with Crippen molar-refractivity contribution in [1.82, 2.24) is 5.32 Å². The molecule has 3 unspecified atom stereocenters. The average Bonchev–Trinajstić information content (AvgIpc) is 2.32. The Morgan fingerprint density at radius 1 is 1.24 bits per heavy atom. The molecule has 0 bridgehead atoms. The van der Waals surface area contributed by atoms with Crippen molar-refractivity contribution in [2.75, 3.05) is 6.61 Å². The molecule has 17 heavy (non-hydrogen) atoms. The van der Waals surface area contributed by atoms with E-state index in [1.54, 1.807) is 0 Å². The first-order valence-electron chi connectivity index (χ1n) is 7.49. The Morgan fingerprint density at radius 3 is 2.76 bits per heavy atom. The van der Waals surface area contributed by atoms with Crippen LogP contribution >= 0.6 is 0 Å². The molecule has 1 aliphatic carbocycles. The van der Waals surface area contributed by atoms with E-state index in [1.165, 1.54) is 38.5 Å². The fraction of sp³-hybridized carbons (Fsp3) is 1.00. The molecule has 2 heteroatoms. The molecule has 2 fully saturated rings. The van der Waals surface area contributed by atoms with Crippen molar-refractivity contribution in [3.8, 4) is 0 Å². The van der Waals surface area contributed by atoms with E-state index in [9.17, 15) is 0 Å². The van der Waals surface area contributed by atoms with Crippen LogP contribution in [-0.4, -0.2) is 24.8 Å². The lowest BCUT2D eigenvalue weighted by molar-refractivity contribution is -0.00724. The maximum atomic E-state index is 5.76. The van der Waals surface area contributed by atoms with Crippen LogP contribution in [0.2, 0.25) is 0 Å². The maximum absolute atomic E-state index is 5.76. The van der Waals surface area contributed by atoms with Crippen LogP contribution in [0, 0.1) is 5.41 Å². The van der Waals surface area contributed by atoms with Crippen LogP contribution in [0.25, 0.3) is 0 Å². The van der Waals surface area contributed by atoms with Gasteiger partial charge in [0.05, 0.1) is 6.10 Å². The Morgan fingerprint density at radius 2 is 2.06 bits per heavy atom. The molecule has 0 aromatic heterocycles. The SMILES string of the molecule is CCC1CC(NC2CCCCC2(C)C)CCO1. The Kier molecular flexibility index (Phi) is 4.48. The first-order valence-corrected chi connectivity index (χ1v) is 7.49. The number of ether oxygens (including phenoxy) is 1.